The maximum absolute atomic E-state index is 6.43. The third-order valence-corrected chi connectivity index (χ3v) is 6.41. The lowest BCUT2D eigenvalue weighted by atomic mass is 9.52. The lowest BCUT2D eigenvalue weighted by Gasteiger charge is -2.53. The molecule has 1 heterocycles. The van der Waals surface area contributed by atoms with E-state index in [-0.39, 0.29) is 11.5 Å². The summed E-state index contributed by atoms with van der Waals surface area (Å²) in [5.41, 5.74) is 0.514. The van der Waals surface area contributed by atoms with E-state index in [0.717, 1.165) is 25.2 Å². The molecule has 2 aliphatic carbocycles. The molecule has 0 bridgehead atoms. The van der Waals surface area contributed by atoms with E-state index < -0.39 is 8.32 Å². The zero-order chi connectivity index (χ0) is 15.5. The van der Waals surface area contributed by atoms with Crippen LogP contribution in [0.4, 0.5) is 0 Å². The first-order valence-corrected chi connectivity index (χ1v) is 11.7. The predicted octanol–water partition coefficient (Wildman–Crippen LogP) is 4.75. The minimum absolute atomic E-state index is 0.177. The molecule has 0 aromatic carbocycles. The fourth-order valence-corrected chi connectivity index (χ4v) is 5.55. The largest absolute Gasteiger partial charge is 0.546 e. The van der Waals surface area contributed by atoms with Gasteiger partial charge in [-0.2, -0.15) is 0 Å². The van der Waals surface area contributed by atoms with Gasteiger partial charge in [0.1, 0.15) is 11.9 Å². The highest BCUT2D eigenvalue weighted by Gasteiger charge is 2.55. The maximum atomic E-state index is 6.43. The Hall–Kier alpha value is -0.543. The monoisotopic (exact) mass is 306 g/mol. The quantitative estimate of drug-likeness (QED) is 0.541. The van der Waals surface area contributed by atoms with Crippen LogP contribution in [0.3, 0.4) is 0 Å². The molecule has 21 heavy (non-hydrogen) atoms. The number of rotatable bonds is 2. The summed E-state index contributed by atoms with van der Waals surface area (Å²) in [6.45, 7) is 14.9. The Kier molecular flexibility index (Phi) is 3.45. The minimum atomic E-state index is -1.60. The highest BCUT2D eigenvalue weighted by atomic mass is 28.4. The van der Waals surface area contributed by atoms with Crippen LogP contribution >= 0.6 is 0 Å². The minimum Gasteiger partial charge on any atom is -0.546 e. The molecule has 0 saturated carbocycles. The SMILES string of the molecule is CC1(C)CC=C[C@@]2(C)C1C=C(O[Si](C)(C)C)C1OCC[C@H]12. The van der Waals surface area contributed by atoms with Crippen LogP contribution in [0.15, 0.2) is 24.0 Å². The number of hydrogen-bond acceptors (Lipinski definition) is 2. The van der Waals surface area contributed by atoms with Gasteiger partial charge in [0.25, 0.3) is 0 Å². The van der Waals surface area contributed by atoms with Crippen LogP contribution in [-0.4, -0.2) is 21.0 Å². The standard InChI is InChI=1S/C18H30O2Si/c1-17(2)9-7-10-18(3)13-8-11-19-16(13)14(12-15(17)18)20-21(4,5)6/h7,10,12-13,15-16H,8-9,11H2,1-6H3/t13-,15?,16?,18-/m1/s1. The van der Waals surface area contributed by atoms with Crippen molar-refractivity contribution in [3.05, 3.63) is 24.0 Å². The number of fused-ring (bicyclic) bond motifs is 3. The van der Waals surface area contributed by atoms with Crippen LogP contribution in [0.25, 0.3) is 0 Å². The molecule has 1 fully saturated rings. The molecular formula is C18H30O2Si. The summed E-state index contributed by atoms with van der Waals surface area (Å²) in [6.07, 6.45) is 9.78. The highest BCUT2D eigenvalue weighted by Crippen LogP contribution is 2.59. The summed E-state index contributed by atoms with van der Waals surface area (Å²) in [5.74, 6) is 2.25. The summed E-state index contributed by atoms with van der Waals surface area (Å²) in [7, 11) is -1.60. The van der Waals surface area contributed by atoms with Gasteiger partial charge in [0.2, 0.25) is 8.32 Å². The second kappa shape index (κ2) is 4.72. The van der Waals surface area contributed by atoms with Crippen LogP contribution < -0.4 is 0 Å². The first kappa shape index (κ1) is 15.4. The molecule has 1 aliphatic heterocycles. The van der Waals surface area contributed by atoms with Crippen LogP contribution in [0.5, 0.6) is 0 Å². The van der Waals surface area contributed by atoms with E-state index in [2.05, 4.69) is 58.6 Å². The average molecular weight is 307 g/mol. The molecule has 4 atom stereocenters. The van der Waals surface area contributed by atoms with Gasteiger partial charge in [0.05, 0.1) is 0 Å². The Balaban J connectivity index is 2.05. The molecule has 0 radical (unpaired) electrons. The van der Waals surface area contributed by atoms with Gasteiger partial charge in [-0.1, -0.05) is 32.9 Å². The maximum Gasteiger partial charge on any atom is 0.241 e. The summed E-state index contributed by atoms with van der Waals surface area (Å²) in [4.78, 5) is 0. The first-order valence-electron chi connectivity index (χ1n) is 8.33. The first-order chi connectivity index (χ1) is 9.63. The molecule has 1 saturated heterocycles. The molecule has 0 spiro atoms. The fourth-order valence-electron chi connectivity index (χ4n) is 4.66. The Morgan fingerprint density at radius 3 is 2.62 bits per heavy atom. The van der Waals surface area contributed by atoms with Crippen molar-refractivity contribution in [2.45, 2.75) is 59.4 Å². The molecule has 0 aromatic heterocycles. The highest BCUT2D eigenvalue weighted by molar-refractivity contribution is 6.70. The van der Waals surface area contributed by atoms with Gasteiger partial charge in [0, 0.05) is 12.5 Å². The van der Waals surface area contributed by atoms with E-state index >= 15 is 0 Å². The van der Waals surface area contributed by atoms with E-state index in [1.165, 1.54) is 0 Å². The normalized spacial score (nSPS) is 41.2. The summed E-state index contributed by atoms with van der Waals surface area (Å²) in [5, 5.41) is 0. The van der Waals surface area contributed by atoms with Crippen LogP contribution in [0.2, 0.25) is 19.6 Å². The van der Waals surface area contributed by atoms with Crippen LogP contribution in [0.1, 0.15) is 33.6 Å². The van der Waals surface area contributed by atoms with Crippen LogP contribution in [0, 0.1) is 22.7 Å². The Morgan fingerprint density at radius 2 is 1.95 bits per heavy atom. The van der Waals surface area contributed by atoms with Crippen molar-refractivity contribution in [3.63, 3.8) is 0 Å². The molecule has 2 nitrogen and oxygen atoms in total. The zero-order valence-electron chi connectivity index (χ0n) is 14.4. The van der Waals surface area contributed by atoms with Gasteiger partial charge >= 0.3 is 0 Å². The topological polar surface area (TPSA) is 18.5 Å². The second-order valence-corrected chi connectivity index (χ2v) is 13.3. The van der Waals surface area contributed by atoms with Crippen LogP contribution in [-0.2, 0) is 9.16 Å². The lowest BCUT2D eigenvalue weighted by Crippen LogP contribution is -2.50. The molecular weight excluding hydrogens is 276 g/mol. The molecule has 3 heteroatoms. The van der Waals surface area contributed by atoms with Crippen molar-refractivity contribution < 1.29 is 9.16 Å². The lowest BCUT2D eigenvalue weighted by molar-refractivity contribution is -0.00546. The van der Waals surface area contributed by atoms with Gasteiger partial charge in [-0.25, -0.2) is 0 Å². The van der Waals surface area contributed by atoms with Gasteiger partial charge in [-0.15, -0.1) is 0 Å². The molecule has 3 rings (SSSR count). The summed E-state index contributed by atoms with van der Waals surface area (Å²) in [6, 6.07) is 0. The molecule has 3 aliphatic rings. The smallest absolute Gasteiger partial charge is 0.241 e. The van der Waals surface area contributed by atoms with E-state index in [0.29, 0.717) is 17.3 Å². The molecule has 0 amide bonds. The van der Waals surface area contributed by atoms with Gasteiger partial charge in [-0.05, 0) is 55.3 Å². The van der Waals surface area contributed by atoms with E-state index in [4.69, 9.17) is 9.16 Å². The van der Waals surface area contributed by atoms with Gasteiger partial charge in [-0.3, -0.25) is 0 Å². The van der Waals surface area contributed by atoms with Gasteiger partial charge in [0.15, 0.2) is 0 Å². The van der Waals surface area contributed by atoms with E-state index in [1.807, 2.05) is 0 Å². The van der Waals surface area contributed by atoms with E-state index in [9.17, 15) is 0 Å². The fraction of sp³-hybridized carbons (Fsp3) is 0.778. The number of allylic oxidation sites excluding steroid dienone is 3. The van der Waals surface area contributed by atoms with Crippen molar-refractivity contribution in [2.24, 2.45) is 22.7 Å². The van der Waals surface area contributed by atoms with Crippen molar-refractivity contribution in [1.29, 1.82) is 0 Å². The molecule has 118 valence electrons. The summed E-state index contributed by atoms with van der Waals surface area (Å²) < 4.78 is 12.5. The average Bonchev–Trinajstić information content (AvgIpc) is 2.80. The second-order valence-electron chi connectivity index (χ2n) is 8.91. The Labute approximate surface area is 130 Å². The van der Waals surface area contributed by atoms with Crippen molar-refractivity contribution >= 4 is 8.32 Å². The Morgan fingerprint density at radius 1 is 1.24 bits per heavy atom. The third-order valence-electron chi connectivity index (χ3n) is 5.56. The number of ether oxygens (including phenoxy) is 1. The van der Waals surface area contributed by atoms with Gasteiger partial charge < -0.3 is 9.16 Å². The Bertz CT molecular complexity index is 486. The van der Waals surface area contributed by atoms with E-state index in [1.54, 1.807) is 0 Å². The zero-order valence-corrected chi connectivity index (χ0v) is 15.4. The summed E-state index contributed by atoms with van der Waals surface area (Å²) >= 11 is 0. The van der Waals surface area contributed by atoms with Crippen molar-refractivity contribution in [1.82, 2.24) is 0 Å². The van der Waals surface area contributed by atoms with Crippen molar-refractivity contribution in [2.75, 3.05) is 6.61 Å². The third kappa shape index (κ3) is 2.53. The molecule has 2 unspecified atom stereocenters. The molecule has 0 N–H and O–H groups in total. The molecule has 0 aromatic rings. The predicted molar refractivity (Wildman–Crippen MR) is 89.5 cm³/mol. The number of hydrogen-bond donors (Lipinski definition) is 0. The van der Waals surface area contributed by atoms with Crippen molar-refractivity contribution in [3.8, 4) is 0 Å².